The molecule has 0 atom stereocenters. The fourth-order valence-corrected chi connectivity index (χ4v) is 11.5. The monoisotopic (exact) mass is 1210 g/mol. The smallest absolute Gasteiger partial charge is 0.654 e. The largest absolute Gasteiger partial charge is 2.00 e. The minimum Gasteiger partial charge on any atom is -0.654 e. The number of aromatic nitrogens is 4. The van der Waals surface area contributed by atoms with Gasteiger partial charge < -0.3 is 9.97 Å². The summed E-state index contributed by atoms with van der Waals surface area (Å²) >= 11 is 114. The summed E-state index contributed by atoms with van der Waals surface area (Å²) in [6, 6.07) is 19.4. The molecule has 0 unspecified atom stereocenters. The van der Waals surface area contributed by atoms with Gasteiger partial charge in [0.05, 0.1) is 42.9 Å². The fraction of sp³-hybridized carbons (Fsp3) is 0. The molecule has 0 saturated carbocycles. The SMILES string of the molecule is ClC1=C(Cl)c2nc1c(-c1c(Cl)cccc1Cl)c1[n-]c(c(Cl)c1Cl)c(-c1c(Cl)cccc1Cl)c1nc(c(-c3c(Cl)cccc3Cl)c3[n-]c(c(Cl)c3Cl)c2-c2c(Cl)cccc2Cl)C(Cl)=C1Cl.[Fe+2]. The summed E-state index contributed by atoms with van der Waals surface area (Å²) < 4.78 is 0. The van der Waals surface area contributed by atoms with Gasteiger partial charge in [-0.25, -0.2) is 9.97 Å². The first-order valence-electron chi connectivity index (χ1n) is 17.8. The van der Waals surface area contributed by atoms with E-state index in [4.69, 9.17) is 206 Å². The Morgan fingerprint density at radius 1 is 0.262 bits per heavy atom. The molecule has 0 fully saturated rings. The Bertz CT molecular complexity index is 2960. The van der Waals surface area contributed by atoms with E-state index in [9.17, 15) is 0 Å². The average Bonchev–Trinajstić information content (AvgIpc) is 3.91. The van der Waals surface area contributed by atoms with Crippen LogP contribution in [0.4, 0.5) is 0 Å². The Balaban J connectivity index is 0.00000576. The molecule has 0 spiro atoms. The Hall–Kier alpha value is -1.36. The van der Waals surface area contributed by atoms with Crippen LogP contribution in [0.5, 0.6) is 0 Å². The molecule has 9 rings (SSSR count). The van der Waals surface area contributed by atoms with Gasteiger partial charge in [-0.2, -0.15) is 0 Å². The van der Waals surface area contributed by atoms with Crippen LogP contribution in [0.15, 0.2) is 72.8 Å². The summed E-state index contributed by atoms with van der Waals surface area (Å²) in [5.74, 6) is 0. The number of fused-ring (bicyclic) bond motifs is 8. The molecule has 328 valence electrons. The number of hydrogen-bond donors (Lipinski definition) is 0. The van der Waals surface area contributed by atoms with Crippen molar-refractivity contribution in [2.24, 2.45) is 0 Å². The van der Waals surface area contributed by atoms with Gasteiger partial charge in [0.25, 0.3) is 0 Å². The molecule has 4 aromatic carbocycles. The average molecular weight is 1220 g/mol. The Morgan fingerprint density at radius 2 is 0.431 bits per heavy atom. The van der Waals surface area contributed by atoms with Crippen LogP contribution in [0.1, 0.15) is 22.8 Å². The van der Waals surface area contributed by atoms with Gasteiger partial charge in [0.2, 0.25) is 0 Å². The third kappa shape index (κ3) is 8.29. The van der Waals surface area contributed by atoms with Crippen LogP contribution >= 0.6 is 186 Å². The topological polar surface area (TPSA) is 54.0 Å². The summed E-state index contributed by atoms with van der Waals surface area (Å²) in [5, 5.41) is 0.343. The molecular weight excluding hydrogens is 1210 g/mol. The van der Waals surface area contributed by atoms with Crippen LogP contribution in [0.25, 0.3) is 86.7 Å². The van der Waals surface area contributed by atoms with Crippen molar-refractivity contribution in [2.75, 3.05) is 0 Å². The molecule has 65 heavy (non-hydrogen) atoms. The molecule has 0 radical (unpaired) electrons. The van der Waals surface area contributed by atoms with Crippen molar-refractivity contribution in [3.63, 3.8) is 0 Å². The van der Waals surface area contributed by atoms with Gasteiger partial charge in [0.1, 0.15) is 0 Å². The number of rotatable bonds is 4. The minimum atomic E-state index is -0.108. The Morgan fingerprint density at radius 3 is 0.600 bits per heavy atom. The number of hydrogen-bond acceptors (Lipinski definition) is 2. The number of benzene rings is 4. The van der Waals surface area contributed by atoms with Crippen molar-refractivity contribution in [1.29, 1.82) is 0 Å². The standard InChI is InChI=1S/C44H12Cl16N4.Fe/c45-13-5-1-6-14(46)21(13)25-37-29(53)31(55)39(61-37)26(22-15(47)7-2-8-16(22)48)41-33(57)35(59)43(63-41)28(24-19(51)11-4-12-20(24)52)44-36(60)34(58)42(64-44)27(23-17(49)9-3-10-18(23)50)40-32(56)30(54)38(25)62-40;/h1-12H;/q-2;+2. The second-order valence-electron chi connectivity index (χ2n) is 13.6. The summed E-state index contributed by atoms with van der Waals surface area (Å²) in [4.78, 5) is 20.3. The van der Waals surface area contributed by atoms with E-state index in [1.54, 1.807) is 72.8 Å². The first kappa shape index (κ1) is 50.0. The summed E-state index contributed by atoms with van der Waals surface area (Å²) in [7, 11) is 0. The Kier molecular flexibility index (Phi) is 15.0. The quantitative estimate of drug-likeness (QED) is 0.165. The maximum atomic E-state index is 7.28. The first-order chi connectivity index (χ1) is 30.4. The zero-order valence-corrected chi connectivity index (χ0v) is 44.3. The molecular formula is C44H12Cl16FeN4. The van der Waals surface area contributed by atoms with Crippen LogP contribution < -0.4 is 9.97 Å². The molecule has 5 heterocycles. The van der Waals surface area contributed by atoms with Crippen molar-refractivity contribution in [2.45, 2.75) is 0 Å². The van der Waals surface area contributed by atoms with Crippen LogP contribution in [0, 0.1) is 0 Å². The van der Waals surface area contributed by atoms with Crippen molar-refractivity contribution < 1.29 is 17.1 Å². The normalized spacial score (nSPS) is 12.7. The summed E-state index contributed by atoms with van der Waals surface area (Å²) in [6.45, 7) is 0. The van der Waals surface area contributed by atoms with E-state index in [1.807, 2.05) is 0 Å². The maximum absolute atomic E-state index is 7.28. The van der Waals surface area contributed by atoms with Gasteiger partial charge in [-0.15, -0.1) is 22.1 Å². The van der Waals surface area contributed by atoms with E-state index in [1.165, 1.54) is 0 Å². The predicted molar refractivity (Wildman–Crippen MR) is 278 cm³/mol. The Labute approximate surface area is 459 Å². The van der Waals surface area contributed by atoms with E-state index in [-0.39, 0.29) is 187 Å². The van der Waals surface area contributed by atoms with Gasteiger partial charge >= 0.3 is 17.1 Å². The van der Waals surface area contributed by atoms with Crippen LogP contribution in [0.3, 0.4) is 0 Å². The van der Waals surface area contributed by atoms with Gasteiger partial charge in [0.15, 0.2) is 0 Å². The van der Waals surface area contributed by atoms with Crippen molar-refractivity contribution in [3.8, 4) is 44.5 Å². The molecule has 0 amide bonds. The fourth-order valence-electron chi connectivity index (χ4n) is 7.34. The van der Waals surface area contributed by atoms with Crippen molar-refractivity contribution in [3.05, 3.63) is 156 Å². The molecule has 8 bridgehead atoms. The zero-order valence-electron chi connectivity index (χ0n) is 31.1. The van der Waals surface area contributed by atoms with E-state index in [2.05, 4.69) is 0 Å². The van der Waals surface area contributed by atoms with Gasteiger partial charge in [0, 0.05) is 82.5 Å². The van der Waals surface area contributed by atoms with E-state index >= 15 is 0 Å². The molecule has 2 aliphatic rings. The second-order valence-corrected chi connectivity index (χ2v) is 19.9. The number of nitrogens with zero attached hydrogens (tertiary/aromatic N) is 4. The summed E-state index contributed by atoms with van der Waals surface area (Å²) in [5.41, 5.74) is 1.10. The van der Waals surface area contributed by atoms with Gasteiger partial charge in [-0.05, 0) is 70.8 Å². The maximum Gasteiger partial charge on any atom is 2.00 e. The van der Waals surface area contributed by atoms with Crippen molar-refractivity contribution >= 4 is 228 Å². The van der Waals surface area contributed by atoms with Gasteiger partial charge in [-0.3, -0.25) is 0 Å². The number of halogens is 16. The molecule has 0 aliphatic carbocycles. The molecule has 4 nitrogen and oxygen atoms in total. The molecule has 7 aromatic rings. The van der Waals surface area contributed by atoms with E-state index < -0.39 is 0 Å². The van der Waals surface area contributed by atoms with Crippen LogP contribution in [-0.4, -0.2) is 9.97 Å². The molecule has 21 heteroatoms. The van der Waals surface area contributed by atoms with Crippen molar-refractivity contribution in [1.82, 2.24) is 19.9 Å². The van der Waals surface area contributed by atoms with Crippen LogP contribution in [0.2, 0.25) is 60.3 Å². The predicted octanol–water partition coefficient (Wildman–Crippen LogP) is 20.7. The van der Waals surface area contributed by atoms with E-state index in [0.29, 0.717) is 0 Å². The first-order valence-corrected chi connectivity index (χ1v) is 23.8. The molecule has 0 saturated heterocycles. The van der Waals surface area contributed by atoms with Crippen LogP contribution in [-0.2, 0) is 17.1 Å². The minimum absolute atomic E-state index is 0. The van der Waals surface area contributed by atoms with E-state index in [0.717, 1.165) is 0 Å². The molecule has 2 aliphatic heterocycles. The third-order valence-electron chi connectivity index (χ3n) is 10.1. The molecule has 0 N–H and O–H groups in total. The summed E-state index contributed by atoms with van der Waals surface area (Å²) in [6.07, 6.45) is 0. The zero-order chi connectivity index (χ0) is 45.8. The molecule has 3 aromatic heterocycles. The third-order valence-corrected chi connectivity index (χ3v) is 15.9. The second kappa shape index (κ2) is 19.4. The van der Waals surface area contributed by atoms with Gasteiger partial charge in [-0.1, -0.05) is 210 Å².